The van der Waals surface area contributed by atoms with Crippen molar-refractivity contribution in [3.05, 3.63) is 146 Å². The Morgan fingerprint density at radius 2 is 0.979 bits per heavy atom. The number of nitrogens with zero attached hydrogens (tertiary/aromatic N) is 4. The number of benzene rings is 7. The second-order valence-corrected chi connectivity index (χ2v) is 13.5. The molecular weight excluding hydrogens is 605 g/mol. The van der Waals surface area contributed by atoms with Crippen LogP contribution in [0.15, 0.2) is 146 Å². The van der Waals surface area contributed by atoms with Crippen LogP contribution in [0.1, 0.15) is 0 Å². The third-order valence-electron chi connectivity index (χ3n) is 9.75. The van der Waals surface area contributed by atoms with Crippen molar-refractivity contribution in [2.45, 2.75) is 0 Å². The van der Waals surface area contributed by atoms with Crippen LogP contribution in [0.5, 0.6) is 0 Å². The van der Waals surface area contributed by atoms with Crippen LogP contribution < -0.4 is 0 Å². The van der Waals surface area contributed by atoms with Gasteiger partial charge in [-0.15, -0.1) is 11.3 Å². The Balaban J connectivity index is 1.19. The van der Waals surface area contributed by atoms with E-state index in [1.807, 2.05) is 72.0 Å². The molecule has 1 aliphatic carbocycles. The van der Waals surface area contributed by atoms with Gasteiger partial charge in [-0.1, -0.05) is 109 Å². The Kier molecular flexibility index (Phi) is 5.23. The Labute approximate surface area is 279 Å². The van der Waals surface area contributed by atoms with Gasteiger partial charge in [-0.3, -0.25) is 0 Å². The van der Waals surface area contributed by atoms with Gasteiger partial charge in [0.2, 0.25) is 0 Å². The van der Waals surface area contributed by atoms with Crippen molar-refractivity contribution in [2.24, 2.45) is 0 Å². The van der Waals surface area contributed by atoms with Crippen molar-refractivity contribution in [1.82, 2.24) is 19.5 Å². The van der Waals surface area contributed by atoms with Crippen LogP contribution >= 0.6 is 11.3 Å². The Morgan fingerprint density at radius 3 is 1.73 bits per heavy atom. The molecule has 0 fully saturated rings. The molecule has 5 heteroatoms. The topological polar surface area (TPSA) is 43.6 Å². The summed E-state index contributed by atoms with van der Waals surface area (Å²) < 4.78 is 5.11. The fraction of sp³-hybridized carbons (Fsp3) is 0. The Hall–Kier alpha value is -6.17. The highest BCUT2D eigenvalue weighted by atomic mass is 32.1. The van der Waals surface area contributed by atoms with Crippen molar-refractivity contribution in [3.63, 3.8) is 0 Å². The summed E-state index contributed by atoms with van der Waals surface area (Å²) in [5.74, 6) is 1.96. The third kappa shape index (κ3) is 3.56. The predicted octanol–water partition coefficient (Wildman–Crippen LogP) is 11.5. The average molecular weight is 629 g/mol. The van der Waals surface area contributed by atoms with E-state index in [1.54, 1.807) is 0 Å². The average Bonchev–Trinajstić information content (AvgIpc) is 3.67. The van der Waals surface area contributed by atoms with Gasteiger partial charge in [0.05, 0.1) is 11.0 Å². The lowest BCUT2D eigenvalue weighted by Crippen LogP contribution is -2.01. The second-order valence-electron chi connectivity index (χ2n) is 12.4. The van der Waals surface area contributed by atoms with Crippen LogP contribution in [-0.4, -0.2) is 19.5 Å². The fourth-order valence-corrected chi connectivity index (χ4v) is 8.86. The van der Waals surface area contributed by atoms with Crippen molar-refractivity contribution < 1.29 is 0 Å². The molecule has 0 radical (unpaired) electrons. The van der Waals surface area contributed by atoms with Gasteiger partial charge in [0.1, 0.15) is 0 Å². The van der Waals surface area contributed by atoms with E-state index in [4.69, 9.17) is 15.0 Å². The molecule has 0 saturated heterocycles. The Morgan fingerprint density at radius 1 is 0.396 bits per heavy atom. The molecule has 11 rings (SSSR count). The van der Waals surface area contributed by atoms with Gasteiger partial charge in [-0.25, -0.2) is 15.0 Å². The quantitative estimate of drug-likeness (QED) is 0.195. The first kappa shape index (κ1) is 26.0. The molecule has 3 aromatic heterocycles. The molecule has 0 unspecified atom stereocenters. The fourth-order valence-electron chi connectivity index (χ4n) is 7.72. The van der Waals surface area contributed by atoms with Gasteiger partial charge in [0.25, 0.3) is 0 Å². The zero-order valence-electron chi connectivity index (χ0n) is 25.6. The van der Waals surface area contributed by atoms with Gasteiger partial charge in [-0.05, 0) is 52.9 Å². The van der Waals surface area contributed by atoms with Crippen molar-refractivity contribution >= 4 is 64.1 Å². The van der Waals surface area contributed by atoms with E-state index in [0.29, 0.717) is 17.5 Å². The molecule has 3 heterocycles. The molecule has 0 N–H and O–H groups in total. The molecule has 0 aliphatic heterocycles. The highest BCUT2D eigenvalue weighted by molar-refractivity contribution is 7.26. The molecule has 48 heavy (non-hydrogen) atoms. The summed E-state index contributed by atoms with van der Waals surface area (Å²) in [6.07, 6.45) is 0. The van der Waals surface area contributed by atoms with Gasteiger partial charge in [0, 0.05) is 58.7 Å². The molecule has 7 aromatic carbocycles. The van der Waals surface area contributed by atoms with Crippen molar-refractivity contribution in [2.75, 3.05) is 0 Å². The molecule has 0 bridgehead atoms. The van der Waals surface area contributed by atoms with Crippen LogP contribution in [0.3, 0.4) is 0 Å². The minimum Gasteiger partial charge on any atom is -0.309 e. The van der Waals surface area contributed by atoms with E-state index >= 15 is 0 Å². The first-order chi connectivity index (χ1) is 23.8. The molecule has 4 nitrogen and oxygen atoms in total. The zero-order valence-corrected chi connectivity index (χ0v) is 26.4. The lowest BCUT2D eigenvalue weighted by molar-refractivity contribution is 1.07. The van der Waals surface area contributed by atoms with Gasteiger partial charge in [-0.2, -0.15) is 0 Å². The summed E-state index contributed by atoms with van der Waals surface area (Å²) in [6.45, 7) is 0. The number of hydrogen-bond acceptors (Lipinski definition) is 4. The minimum atomic E-state index is 0.647. The van der Waals surface area contributed by atoms with Crippen molar-refractivity contribution in [1.29, 1.82) is 0 Å². The molecule has 1 aliphatic rings. The SMILES string of the molecule is c1ccc(-c2nc(-c3ccccc3)nc(-c3cccc(-n4c5cccc6c5c5c7c(ccc8sc9cccc-6c9c87)ccc54)c3)n2)cc1. The summed E-state index contributed by atoms with van der Waals surface area (Å²) in [7, 11) is 0. The van der Waals surface area contributed by atoms with E-state index < -0.39 is 0 Å². The zero-order chi connectivity index (χ0) is 31.3. The molecule has 0 amide bonds. The summed E-state index contributed by atoms with van der Waals surface area (Å²) in [6, 6.07) is 51.6. The lowest BCUT2D eigenvalue weighted by Gasteiger charge is -2.12. The van der Waals surface area contributed by atoms with E-state index in [0.717, 1.165) is 22.4 Å². The molecular formula is C43H24N4S. The summed E-state index contributed by atoms with van der Waals surface area (Å²) in [5.41, 5.74) is 8.93. The smallest absolute Gasteiger partial charge is 0.164 e. The van der Waals surface area contributed by atoms with E-state index in [2.05, 4.69) is 89.5 Å². The standard InChI is InChI=1S/C43H24N4S/c1-3-10-26(11-4-1)41-44-42(27-12-5-2-6-13-27)46-43(45-41)28-14-7-15-29(24-28)47-32-18-8-16-30-31-17-9-19-34-38(31)40-35(48-34)23-21-25-20-22-33(47)39(36(25)40)37(30)32/h1-24H. The normalized spacial score (nSPS) is 12.2. The van der Waals surface area contributed by atoms with E-state index in [1.165, 1.54) is 63.9 Å². The highest BCUT2D eigenvalue weighted by Gasteiger charge is 2.25. The van der Waals surface area contributed by atoms with Crippen LogP contribution in [-0.2, 0) is 0 Å². The maximum Gasteiger partial charge on any atom is 0.164 e. The van der Waals surface area contributed by atoms with Crippen LogP contribution in [0.4, 0.5) is 0 Å². The summed E-state index contributed by atoms with van der Waals surface area (Å²) >= 11 is 1.89. The summed E-state index contributed by atoms with van der Waals surface area (Å²) in [5, 5.41) is 8.02. The maximum atomic E-state index is 5.03. The molecule has 10 aromatic rings. The molecule has 222 valence electrons. The van der Waals surface area contributed by atoms with E-state index in [9.17, 15) is 0 Å². The Bertz CT molecular complexity index is 2880. The van der Waals surface area contributed by atoms with E-state index in [-0.39, 0.29) is 0 Å². The molecule has 0 atom stereocenters. The molecule has 0 saturated carbocycles. The number of hydrogen-bond donors (Lipinski definition) is 0. The predicted molar refractivity (Wildman–Crippen MR) is 200 cm³/mol. The third-order valence-corrected chi connectivity index (χ3v) is 10.9. The van der Waals surface area contributed by atoms with Crippen LogP contribution in [0, 0.1) is 0 Å². The summed E-state index contributed by atoms with van der Waals surface area (Å²) in [4.78, 5) is 15.0. The minimum absolute atomic E-state index is 0.647. The lowest BCUT2D eigenvalue weighted by atomic mass is 9.98. The largest absolute Gasteiger partial charge is 0.309 e. The number of aromatic nitrogens is 4. The van der Waals surface area contributed by atoms with Crippen LogP contribution in [0.25, 0.3) is 104 Å². The number of fused-ring (bicyclic) bond motifs is 1. The van der Waals surface area contributed by atoms with Gasteiger partial charge in [0.15, 0.2) is 17.5 Å². The van der Waals surface area contributed by atoms with Crippen molar-refractivity contribution in [3.8, 4) is 51.0 Å². The number of rotatable bonds is 4. The monoisotopic (exact) mass is 628 g/mol. The van der Waals surface area contributed by atoms with Gasteiger partial charge >= 0.3 is 0 Å². The molecule has 0 spiro atoms. The van der Waals surface area contributed by atoms with Crippen LogP contribution in [0.2, 0.25) is 0 Å². The highest BCUT2D eigenvalue weighted by Crippen LogP contribution is 2.51. The number of thiophene rings is 1. The first-order valence-electron chi connectivity index (χ1n) is 16.1. The first-order valence-corrected chi connectivity index (χ1v) is 16.9. The van der Waals surface area contributed by atoms with Gasteiger partial charge < -0.3 is 4.57 Å². The second kappa shape index (κ2) is 9.67. The maximum absolute atomic E-state index is 5.03.